The highest BCUT2D eigenvalue weighted by Crippen LogP contribution is 2.18. The lowest BCUT2D eigenvalue weighted by Gasteiger charge is -2.09. The van der Waals surface area contributed by atoms with Crippen LogP contribution in [-0.2, 0) is 22.4 Å². The van der Waals surface area contributed by atoms with Crippen LogP contribution < -0.4 is 0 Å². The lowest BCUT2D eigenvalue weighted by molar-refractivity contribution is -0.138. The van der Waals surface area contributed by atoms with E-state index in [2.05, 4.69) is 34.3 Å². The highest BCUT2D eigenvalue weighted by molar-refractivity contribution is 6.14. The Balaban J connectivity index is 0.000000562. The van der Waals surface area contributed by atoms with E-state index in [-0.39, 0.29) is 13.0 Å². The quantitative estimate of drug-likeness (QED) is 0.461. The zero-order valence-corrected chi connectivity index (χ0v) is 18.7. The van der Waals surface area contributed by atoms with Crippen LogP contribution >= 0.6 is 0 Å². The van der Waals surface area contributed by atoms with Crippen molar-refractivity contribution in [1.29, 1.82) is 0 Å². The number of aliphatic carboxylic acids is 2. The van der Waals surface area contributed by atoms with Gasteiger partial charge >= 0.3 is 11.9 Å². The third-order valence-corrected chi connectivity index (χ3v) is 4.70. The smallest absolute Gasteiger partial charge is 0.335 e. The number of carboxylic acids is 2. The van der Waals surface area contributed by atoms with E-state index < -0.39 is 17.9 Å². The standard InChI is InChI=1S/C13H18O2.C13H16O2.CH4/c2*1-9(2)8-11-4-6-12(7-5-11)10(3)13(14)15;/h4-7,9-10H,8H2,1-3H3,(H,14,15);4-7,9H,3,8H2,1-2H3,(H,14,15);1H4/t10-;;/m1../s1. The molecule has 0 saturated heterocycles. The molecule has 0 fully saturated rings. The van der Waals surface area contributed by atoms with Gasteiger partial charge in [0.05, 0.1) is 11.5 Å². The molecule has 0 amide bonds. The van der Waals surface area contributed by atoms with Crippen molar-refractivity contribution in [2.75, 3.05) is 0 Å². The molecular weight excluding hydrogens is 388 g/mol. The van der Waals surface area contributed by atoms with Gasteiger partial charge in [-0.05, 0) is 53.9 Å². The minimum absolute atomic E-state index is 0. The third-order valence-electron chi connectivity index (χ3n) is 4.70. The molecule has 2 aromatic carbocycles. The predicted molar refractivity (Wildman–Crippen MR) is 129 cm³/mol. The summed E-state index contributed by atoms with van der Waals surface area (Å²) in [5.41, 5.74) is 4.19. The van der Waals surface area contributed by atoms with Crippen molar-refractivity contribution < 1.29 is 19.8 Å². The summed E-state index contributed by atoms with van der Waals surface area (Å²) in [7, 11) is 0. The Morgan fingerprint density at radius 2 is 1.16 bits per heavy atom. The van der Waals surface area contributed by atoms with Crippen molar-refractivity contribution in [3.05, 3.63) is 77.4 Å². The van der Waals surface area contributed by atoms with Crippen molar-refractivity contribution in [2.45, 2.75) is 60.8 Å². The average Bonchev–Trinajstić information content (AvgIpc) is 2.67. The number of hydrogen-bond acceptors (Lipinski definition) is 2. The molecular formula is C27H38O4. The van der Waals surface area contributed by atoms with Gasteiger partial charge in [-0.2, -0.15) is 0 Å². The van der Waals surface area contributed by atoms with Gasteiger partial charge in [0.1, 0.15) is 0 Å². The van der Waals surface area contributed by atoms with E-state index in [1.54, 1.807) is 6.92 Å². The number of carbonyl (C=O) groups is 2. The molecule has 31 heavy (non-hydrogen) atoms. The molecule has 4 heteroatoms. The minimum atomic E-state index is -0.966. The van der Waals surface area contributed by atoms with Crippen molar-refractivity contribution in [3.63, 3.8) is 0 Å². The molecule has 0 bridgehead atoms. The van der Waals surface area contributed by atoms with Gasteiger partial charge in [-0.25, -0.2) is 4.79 Å². The third kappa shape index (κ3) is 10.1. The summed E-state index contributed by atoms with van der Waals surface area (Å²) in [6.07, 6.45) is 2.06. The summed E-state index contributed by atoms with van der Waals surface area (Å²) in [5.74, 6) is -0.914. The highest BCUT2D eigenvalue weighted by atomic mass is 16.4. The molecule has 0 unspecified atom stereocenters. The molecule has 0 saturated carbocycles. The molecule has 2 N–H and O–H groups in total. The Hall–Kier alpha value is -2.88. The van der Waals surface area contributed by atoms with Gasteiger partial charge in [0.15, 0.2) is 0 Å². The molecule has 1 atom stereocenters. The van der Waals surface area contributed by atoms with Crippen LogP contribution in [0.5, 0.6) is 0 Å². The number of rotatable bonds is 8. The lowest BCUT2D eigenvalue weighted by Crippen LogP contribution is -2.07. The van der Waals surface area contributed by atoms with Gasteiger partial charge < -0.3 is 10.2 Å². The van der Waals surface area contributed by atoms with Crippen LogP contribution in [0, 0.1) is 11.8 Å². The fourth-order valence-electron chi connectivity index (χ4n) is 2.99. The Bertz CT molecular complexity index is 831. The van der Waals surface area contributed by atoms with E-state index >= 15 is 0 Å². The van der Waals surface area contributed by atoms with Gasteiger partial charge in [-0.1, -0.05) is 90.2 Å². The number of benzene rings is 2. The molecule has 0 aliphatic carbocycles. The topological polar surface area (TPSA) is 74.6 Å². The van der Waals surface area contributed by atoms with E-state index in [1.165, 1.54) is 11.1 Å². The van der Waals surface area contributed by atoms with Crippen LogP contribution in [0.4, 0.5) is 0 Å². The van der Waals surface area contributed by atoms with Crippen LogP contribution in [0.15, 0.2) is 55.1 Å². The fourth-order valence-corrected chi connectivity index (χ4v) is 2.99. The van der Waals surface area contributed by atoms with Crippen molar-refractivity contribution in [3.8, 4) is 0 Å². The van der Waals surface area contributed by atoms with Crippen LogP contribution in [0.25, 0.3) is 5.57 Å². The summed E-state index contributed by atoms with van der Waals surface area (Å²) in [6.45, 7) is 13.9. The Morgan fingerprint density at radius 1 is 0.774 bits per heavy atom. The Labute approximate surface area is 187 Å². The van der Waals surface area contributed by atoms with Gasteiger partial charge in [0.25, 0.3) is 0 Å². The first-order chi connectivity index (χ1) is 14.0. The van der Waals surface area contributed by atoms with E-state index in [0.717, 1.165) is 18.4 Å². The largest absolute Gasteiger partial charge is 0.481 e. The van der Waals surface area contributed by atoms with E-state index in [4.69, 9.17) is 10.2 Å². The molecule has 0 spiro atoms. The molecule has 0 aliphatic heterocycles. The molecule has 2 rings (SSSR count). The van der Waals surface area contributed by atoms with E-state index in [0.29, 0.717) is 17.4 Å². The van der Waals surface area contributed by atoms with Gasteiger partial charge in [-0.3, -0.25) is 4.79 Å². The molecule has 0 heterocycles. The second-order valence-corrected chi connectivity index (χ2v) is 8.48. The summed E-state index contributed by atoms with van der Waals surface area (Å²) in [4.78, 5) is 21.4. The zero-order valence-electron chi connectivity index (χ0n) is 18.7. The van der Waals surface area contributed by atoms with Crippen LogP contribution in [0.1, 0.15) is 70.2 Å². The monoisotopic (exact) mass is 426 g/mol. The Morgan fingerprint density at radius 3 is 1.48 bits per heavy atom. The van der Waals surface area contributed by atoms with Gasteiger partial charge in [-0.15, -0.1) is 0 Å². The molecule has 4 nitrogen and oxygen atoms in total. The maximum Gasteiger partial charge on any atom is 0.335 e. The van der Waals surface area contributed by atoms with Crippen LogP contribution in [0.2, 0.25) is 0 Å². The van der Waals surface area contributed by atoms with E-state index in [9.17, 15) is 9.59 Å². The first-order valence-electron chi connectivity index (χ1n) is 10.3. The van der Waals surface area contributed by atoms with Gasteiger partial charge in [0.2, 0.25) is 0 Å². The molecule has 0 aliphatic rings. The molecule has 2 aromatic rings. The first-order valence-corrected chi connectivity index (χ1v) is 10.3. The SMILES string of the molecule is C.C=C(C(=O)O)c1ccc(CC(C)C)cc1.CC(C)Cc1ccc([C@@H](C)C(=O)O)cc1. The Kier molecular flexibility index (Phi) is 12.2. The van der Waals surface area contributed by atoms with E-state index in [1.807, 2.05) is 48.5 Å². The minimum Gasteiger partial charge on any atom is -0.481 e. The average molecular weight is 427 g/mol. The number of carboxylic acid groups (broad SMARTS) is 2. The predicted octanol–water partition coefficient (Wildman–Crippen LogP) is 6.69. The van der Waals surface area contributed by atoms with Crippen molar-refractivity contribution in [1.82, 2.24) is 0 Å². The zero-order chi connectivity index (χ0) is 22.8. The lowest BCUT2D eigenvalue weighted by atomic mass is 9.97. The van der Waals surface area contributed by atoms with Gasteiger partial charge in [0, 0.05) is 0 Å². The first kappa shape index (κ1) is 28.1. The fraction of sp³-hybridized carbons (Fsp3) is 0.407. The summed E-state index contributed by atoms with van der Waals surface area (Å²) < 4.78 is 0. The molecule has 0 aromatic heterocycles. The summed E-state index contributed by atoms with van der Waals surface area (Å²) in [5, 5.41) is 17.6. The van der Waals surface area contributed by atoms with Crippen LogP contribution in [-0.4, -0.2) is 22.2 Å². The van der Waals surface area contributed by atoms with Crippen molar-refractivity contribution in [2.24, 2.45) is 11.8 Å². The second kappa shape index (κ2) is 13.4. The van der Waals surface area contributed by atoms with Crippen LogP contribution in [0.3, 0.4) is 0 Å². The maximum atomic E-state index is 10.8. The van der Waals surface area contributed by atoms with Crippen molar-refractivity contribution >= 4 is 17.5 Å². The molecule has 170 valence electrons. The molecule has 0 radical (unpaired) electrons. The summed E-state index contributed by atoms with van der Waals surface area (Å²) >= 11 is 0. The second-order valence-electron chi connectivity index (χ2n) is 8.48. The number of hydrogen-bond donors (Lipinski definition) is 2. The maximum absolute atomic E-state index is 10.8. The summed E-state index contributed by atoms with van der Waals surface area (Å²) in [6, 6.07) is 15.4. The normalized spacial score (nSPS) is 11.2. The highest BCUT2D eigenvalue weighted by Gasteiger charge is 2.13.